The Bertz CT molecular complexity index is 887. The Morgan fingerprint density at radius 3 is 2.80 bits per heavy atom. The van der Waals surface area contributed by atoms with Crippen molar-refractivity contribution in [2.45, 2.75) is 36.7 Å². The number of hydrogen-bond acceptors (Lipinski definition) is 5. The number of nitrogens with one attached hydrogen (secondary N) is 2. The number of benzene rings is 1. The summed E-state index contributed by atoms with van der Waals surface area (Å²) in [5.74, 6) is 0.641. The van der Waals surface area contributed by atoms with E-state index >= 15 is 0 Å². The fourth-order valence-electron chi connectivity index (χ4n) is 3.18. The molecule has 2 aromatic rings. The Labute approximate surface area is 146 Å². The van der Waals surface area contributed by atoms with Gasteiger partial charge in [-0.3, -0.25) is 9.88 Å². The highest BCUT2D eigenvalue weighted by molar-refractivity contribution is 7.89. The van der Waals surface area contributed by atoms with Gasteiger partial charge in [0.25, 0.3) is 0 Å². The van der Waals surface area contributed by atoms with Crippen LogP contribution in [0.15, 0.2) is 34.0 Å². The molecule has 1 aliphatic heterocycles. The van der Waals surface area contributed by atoms with E-state index in [1.807, 2.05) is 6.07 Å². The molecule has 136 valence electrons. The Morgan fingerprint density at radius 1 is 1.32 bits per heavy atom. The normalized spacial score (nSPS) is 19.4. The lowest BCUT2D eigenvalue weighted by atomic mass is 10.0. The van der Waals surface area contributed by atoms with Gasteiger partial charge in [-0.2, -0.15) is 5.10 Å². The van der Waals surface area contributed by atoms with E-state index in [2.05, 4.69) is 20.1 Å². The molecule has 2 N–H and O–H groups in total. The summed E-state index contributed by atoms with van der Waals surface area (Å²) >= 11 is 0. The summed E-state index contributed by atoms with van der Waals surface area (Å²) in [6.45, 7) is 1.49. The van der Waals surface area contributed by atoms with Crippen LogP contribution in [0.25, 0.3) is 0 Å². The van der Waals surface area contributed by atoms with Gasteiger partial charge in [0, 0.05) is 20.6 Å². The fourth-order valence-corrected chi connectivity index (χ4v) is 4.15. The zero-order valence-electron chi connectivity index (χ0n) is 14.4. The van der Waals surface area contributed by atoms with Crippen molar-refractivity contribution in [1.82, 2.24) is 24.4 Å². The number of hydrogen-bond donors (Lipinski definition) is 2. The van der Waals surface area contributed by atoms with E-state index in [9.17, 15) is 13.2 Å². The van der Waals surface area contributed by atoms with E-state index in [-0.39, 0.29) is 16.6 Å². The Hall–Kier alpha value is -1.97. The summed E-state index contributed by atoms with van der Waals surface area (Å²) < 4.78 is 25.9. The third kappa shape index (κ3) is 3.83. The van der Waals surface area contributed by atoms with Crippen molar-refractivity contribution in [3.05, 3.63) is 46.1 Å². The highest BCUT2D eigenvalue weighted by atomic mass is 32.2. The van der Waals surface area contributed by atoms with E-state index in [0.29, 0.717) is 12.4 Å². The molecular formula is C16H23N5O3S. The van der Waals surface area contributed by atoms with Crippen LogP contribution in [0, 0.1) is 0 Å². The molecule has 0 bridgehead atoms. The summed E-state index contributed by atoms with van der Waals surface area (Å²) in [5, 5.41) is 6.49. The SMILES string of the molecule is CN(C)S(=O)(=O)c1cccc(CN2CCCC[C@H]2c2n[nH]c(=O)[nH]2)c1. The van der Waals surface area contributed by atoms with Gasteiger partial charge in [-0.1, -0.05) is 18.6 Å². The molecule has 0 unspecified atom stereocenters. The standard InChI is InChI=1S/C16H23N5O3S/c1-20(2)25(23,24)13-7-5-6-12(10-13)11-21-9-4-3-8-14(21)15-17-16(22)19-18-15/h5-7,10,14H,3-4,8-9,11H2,1-2H3,(H2,17,18,19,22)/t14-/m0/s1. The first-order valence-corrected chi connectivity index (χ1v) is 9.72. The van der Waals surface area contributed by atoms with E-state index in [0.717, 1.165) is 31.4 Å². The van der Waals surface area contributed by atoms with Gasteiger partial charge in [0.15, 0.2) is 0 Å². The Morgan fingerprint density at radius 2 is 2.12 bits per heavy atom. The molecular weight excluding hydrogens is 342 g/mol. The second kappa shape index (κ2) is 7.11. The first-order chi connectivity index (χ1) is 11.9. The lowest BCUT2D eigenvalue weighted by Crippen LogP contribution is -2.33. The quantitative estimate of drug-likeness (QED) is 0.825. The average molecular weight is 365 g/mol. The molecule has 0 saturated carbocycles. The van der Waals surface area contributed by atoms with Crippen molar-refractivity contribution in [2.75, 3.05) is 20.6 Å². The molecule has 0 spiro atoms. The smallest absolute Gasteiger partial charge is 0.292 e. The molecule has 0 radical (unpaired) electrons. The molecule has 1 fully saturated rings. The van der Waals surface area contributed by atoms with Crippen molar-refractivity contribution >= 4 is 10.0 Å². The van der Waals surface area contributed by atoms with Crippen molar-refractivity contribution in [3.63, 3.8) is 0 Å². The molecule has 1 aliphatic rings. The van der Waals surface area contributed by atoms with Gasteiger partial charge in [0.1, 0.15) is 5.82 Å². The van der Waals surface area contributed by atoms with Crippen LogP contribution in [0.3, 0.4) is 0 Å². The van der Waals surface area contributed by atoms with Crippen molar-refractivity contribution in [1.29, 1.82) is 0 Å². The summed E-state index contributed by atoms with van der Waals surface area (Å²) in [5.41, 5.74) is 0.618. The third-order valence-corrected chi connectivity index (χ3v) is 6.32. The first-order valence-electron chi connectivity index (χ1n) is 8.28. The largest absolute Gasteiger partial charge is 0.340 e. The van der Waals surface area contributed by atoms with Crippen LogP contribution in [0.2, 0.25) is 0 Å². The van der Waals surface area contributed by atoms with Crippen LogP contribution in [0.5, 0.6) is 0 Å². The first kappa shape index (κ1) is 17.8. The summed E-state index contributed by atoms with van der Waals surface area (Å²) in [4.78, 5) is 16.6. The molecule has 0 aliphatic carbocycles. The van der Waals surface area contributed by atoms with Gasteiger partial charge in [-0.05, 0) is 37.1 Å². The Kier molecular flexibility index (Phi) is 5.07. The highest BCUT2D eigenvalue weighted by Gasteiger charge is 2.27. The molecule has 9 heteroatoms. The fraction of sp³-hybridized carbons (Fsp3) is 0.500. The number of sulfonamides is 1. The average Bonchev–Trinajstić information content (AvgIpc) is 3.02. The number of rotatable bonds is 5. The summed E-state index contributed by atoms with van der Waals surface area (Å²) in [6, 6.07) is 7.04. The molecule has 3 rings (SSSR count). The summed E-state index contributed by atoms with van der Waals surface area (Å²) in [7, 11) is -0.404. The van der Waals surface area contributed by atoms with Gasteiger partial charge in [-0.25, -0.2) is 22.6 Å². The lowest BCUT2D eigenvalue weighted by Gasteiger charge is -2.34. The zero-order chi connectivity index (χ0) is 18.0. The van der Waals surface area contributed by atoms with Crippen LogP contribution in [0.4, 0.5) is 0 Å². The molecule has 1 aromatic carbocycles. The van der Waals surface area contributed by atoms with Crippen LogP contribution in [0.1, 0.15) is 36.7 Å². The third-order valence-electron chi connectivity index (χ3n) is 4.51. The van der Waals surface area contributed by atoms with E-state index in [4.69, 9.17) is 0 Å². The molecule has 8 nitrogen and oxygen atoms in total. The topological polar surface area (TPSA) is 102 Å². The van der Waals surface area contributed by atoms with Crippen molar-refractivity contribution in [3.8, 4) is 0 Å². The number of H-pyrrole nitrogens is 2. The van der Waals surface area contributed by atoms with E-state index in [1.54, 1.807) is 18.2 Å². The van der Waals surface area contributed by atoms with Gasteiger partial charge in [0.05, 0.1) is 10.9 Å². The van der Waals surface area contributed by atoms with Crippen LogP contribution in [-0.2, 0) is 16.6 Å². The predicted molar refractivity (Wildman–Crippen MR) is 93.5 cm³/mol. The minimum atomic E-state index is -3.45. The predicted octanol–water partition coefficient (Wildman–Crippen LogP) is 1.08. The Balaban J connectivity index is 1.84. The second-order valence-electron chi connectivity index (χ2n) is 6.48. The van der Waals surface area contributed by atoms with Gasteiger partial charge in [0.2, 0.25) is 10.0 Å². The maximum absolute atomic E-state index is 12.3. The molecule has 1 aromatic heterocycles. The molecule has 1 saturated heterocycles. The highest BCUT2D eigenvalue weighted by Crippen LogP contribution is 2.30. The summed E-state index contributed by atoms with van der Waals surface area (Å²) in [6.07, 6.45) is 3.06. The minimum Gasteiger partial charge on any atom is -0.292 e. The maximum Gasteiger partial charge on any atom is 0.340 e. The van der Waals surface area contributed by atoms with Gasteiger partial charge < -0.3 is 0 Å². The van der Waals surface area contributed by atoms with Gasteiger partial charge >= 0.3 is 5.69 Å². The number of piperidine rings is 1. The zero-order valence-corrected chi connectivity index (χ0v) is 15.2. The molecule has 25 heavy (non-hydrogen) atoms. The van der Waals surface area contributed by atoms with Crippen molar-refractivity contribution < 1.29 is 8.42 Å². The monoisotopic (exact) mass is 365 g/mol. The maximum atomic E-state index is 12.3. The molecule has 1 atom stereocenters. The number of nitrogens with zero attached hydrogens (tertiary/aromatic N) is 3. The van der Waals surface area contributed by atoms with Crippen LogP contribution < -0.4 is 5.69 Å². The number of likely N-dealkylation sites (tertiary alicyclic amines) is 1. The minimum absolute atomic E-state index is 0.0295. The van der Waals surface area contributed by atoms with E-state index < -0.39 is 10.0 Å². The molecule has 2 heterocycles. The van der Waals surface area contributed by atoms with Crippen LogP contribution >= 0.6 is 0 Å². The van der Waals surface area contributed by atoms with Crippen LogP contribution in [-0.4, -0.2) is 53.4 Å². The second-order valence-corrected chi connectivity index (χ2v) is 8.63. The number of aromatic nitrogens is 3. The molecule has 0 amide bonds. The number of aromatic amines is 2. The lowest BCUT2D eigenvalue weighted by molar-refractivity contribution is 0.134. The van der Waals surface area contributed by atoms with E-state index in [1.165, 1.54) is 18.4 Å². The van der Waals surface area contributed by atoms with Gasteiger partial charge in [-0.15, -0.1) is 0 Å². The van der Waals surface area contributed by atoms with Crippen molar-refractivity contribution in [2.24, 2.45) is 0 Å².